The van der Waals surface area contributed by atoms with Crippen LogP contribution in [0.1, 0.15) is 18.4 Å². The highest BCUT2D eigenvalue weighted by Gasteiger charge is 2.51. The van der Waals surface area contributed by atoms with Gasteiger partial charge >= 0.3 is 0 Å². The molecule has 29 heavy (non-hydrogen) atoms. The van der Waals surface area contributed by atoms with Gasteiger partial charge in [0.1, 0.15) is 6.04 Å². The Bertz CT molecular complexity index is 915. The van der Waals surface area contributed by atoms with E-state index in [0.29, 0.717) is 37.5 Å². The number of anilines is 1. The zero-order valence-corrected chi connectivity index (χ0v) is 16.6. The summed E-state index contributed by atoms with van der Waals surface area (Å²) >= 11 is 5.98. The first-order valence-electron chi connectivity index (χ1n) is 9.65. The molecule has 0 spiro atoms. The molecule has 0 bridgehead atoms. The third-order valence-electron chi connectivity index (χ3n) is 5.55. The number of hydrogen-bond acceptors (Lipinski definition) is 4. The van der Waals surface area contributed by atoms with Gasteiger partial charge in [0.05, 0.1) is 5.41 Å². The highest BCUT2D eigenvalue weighted by atomic mass is 35.5. The Labute approximate surface area is 173 Å². The molecule has 0 saturated carbocycles. The van der Waals surface area contributed by atoms with Crippen LogP contribution in [0.25, 0.3) is 0 Å². The number of benzene rings is 1. The van der Waals surface area contributed by atoms with Crippen molar-refractivity contribution in [1.82, 2.24) is 15.6 Å². The van der Waals surface area contributed by atoms with Crippen molar-refractivity contribution in [3.8, 4) is 0 Å². The van der Waals surface area contributed by atoms with Crippen LogP contribution < -0.4 is 15.5 Å². The van der Waals surface area contributed by atoms with Crippen LogP contribution in [0.5, 0.6) is 0 Å². The van der Waals surface area contributed by atoms with E-state index in [2.05, 4.69) is 15.6 Å². The second-order valence-electron chi connectivity index (χ2n) is 7.71. The van der Waals surface area contributed by atoms with Crippen LogP contribution in [0.4, 0.5) is 10.2 Å². The summed E-state index contributed by atoms with van der Waals surface area (Å²) < 4.78 is 14.1. The largest absolute Gasteiger partial charge is 0.354 e. The van der Waals surface area contributed by atoms with Crippen LogP contribution >= 0.6 is 11.6 Å². The fourth-order valence-corrected chi connectivity index (χ4v) is 4.12. The number of halogens is 2. The molecule has 0 aliphatic carbocycles. The van der Waals surface area contributed by atoms with Crippen molar-refractivity contribution in [2.24, 2.45) is 5.41 Å². The molecule has 2 fully saturated rings. The molecule has 152 valence electrons. The van der Waals surface area contributed by atoms with E-state index in [1.165, 1.54) is 18.3 Å². The summed E-state index contributed by atoms with van der Waals surface area (Å²) in [7, 11) is 0. The molecule has 2 amide bonds. The van der Waals surface area contributed by atoms with E-state index >= 15 is 0 Å². The van der Waals surface area contributed by atoms with Gasteiger partial charge in [-0.2, -0.15) is 0 Å². The quantitative estimate of drug-likeness (QED) is 0.784. The zero-order chi connectivity index (χ0) is 20.4. The monoisotopic (exact) mass is 416 g/mol. The molecule has 1 aromatic carbocycles. The molecule has 2 N–H and O–H groups in total. The van der Waals surface area contributed by atoms with Gasteiger partial charge in [-0.15, -0.1) is 0 Å². The van der Waals surface area contributed by atoms with Gasteiger partial charge in [-0.1, -0.05) is 23.7 Å². The molecule has 2 saturated heterocycles. The molecule has 2 aliphatic heterocycles. The molecule has 0 radical (unpaired) electrons. The van der Waals surface area contributed by atoms with Gasteiger partial charge in [-0.05, 0) is 49.1 Å². The number of nitrogens with one attached hydrogen (secondary N) is 2. The lowest BCUT2D eigenvalue weighted by Crippen LogP contribution is -2.67. The van der Waals surface area contributed by atoms with Crippen molar-refractivity contribution in [1.29, 1.82) is 0 Å². The first-order chi connectivity index (χ1) is 14.0. The number of carbonyl (C=O) groups is 2. The van der Waals surface area contributed by atoms with Crippen molar-refractivity contribution >= 4 is 29.2 Å². The van der Waals surface area contributed by atoms with E-state index in [9.17, 15) is 14.0 Å². The molecule has 1 unspecified atom stereocenters. The summed E-state index contributed by atoms with van der Waals surface area (Å²) in [6, 6.07) is 9.70. The van der Waals surface area contributed by atoms with Gasteiger partial charge in [0, 0.05) is 30.9 Å². The first-order valence-corrected chi connectivity index (χ1v) is 10.0. The summed E-state index contributed by atoms with van der Waals surface area (Å²) in [5.41, 5.74) is 0.189. The fraction of sp³-hybridized carbons (Fsp3) is 0.381. The van der Waals surface area contributed by atoms with E-state index in [1.54, 1.807) is 17.0 Å². The van der Waals surface area contributed by atoms with Crippen LogP contribution in [0.2, 0.25) is 5.02 Å². The average molecular weight is 417 g/mol. The Hall–Kier alpha value is -2.67. The Balaban J connectivity index is 1.54. The number of hydrogen-bond donors (Lipinski definition) is 2. The second kappa shape index (κ2) is 7.99. The van der Waals surface area contributed by atoms with Gasteiger partial charge in [0.2, 0.25) is 11.8 Å². The third kappa shape index (κ3) is 4.05. The van der Waals surface area contributed by atoms with Crippen LogP contribution in [0.3, 0.4) is 0 Å². The smallest absolute Gasteiger partial charge is 0.242 e. The molecule has 4 rings (SSSR count). The Morgan fingerprint density at radius 1 is 1.31 bits per heavy atom. The van der Waals surface area contributed by atoms with Gasteiger partial charge in [-0.3, -0.25) is 9.59 Å². The molecule has 2 aromatic rings. The van der Waals surface area contributed by atoms with Crippen molar-refractivity contribution in [3.63, 3.8) is 0 Å². The van der Waals surface area contributed by atoms with Crippen molar-refractivity contribution < 1.29 is 14.0 Å². The Morgan fingerprint density at radius 3 is 2.76 bits per heavy atom. The zero-order valence-electron chi connectivity index (χ0n) is 15.8. The normalized spacial score (nSPS) is 20.6. The lowest BCUT2D eigenvalue weighted by atomic mass is 9.73. The maximum Gasteiger partial charge on any atom is 0.242 e. The maximum atomic E-state index is 14.1. The SMILES string of the molecule is O=C1NCCCC1NC(=O)C1(Cc2ccc(Cl)cc2)CN(c2ncccc2F)C1. The minimum atomic E-state index is -0.768. The van der Waals surface area contributed by atoms with E-state index in [-0.39, 0.29) is 17.6 Å². The van der Waals surface area contributed by atoms with Gasteiger partial charge in [0.25, 0.3) is 0 Å². The van der Waals surface area contributed by atoms with Crippen LogP contribution in [-0.4, -0.2) is 42.5 Å². The summed E-state index contributed by atoms with van der Waals surface area (Å²) in [5.74, 6) is -0.526. The van der Waals surface area contributed by atoms with Crippen LogP contribution in [-0.2, 0) is 16.0 Å². The molecular formula is C21H22ClFN4O2. The molecule has 8 heteroatoms. The number of rotatable bonds is 5. The molecule has 1 aromatic heterocycles. The topological polar surface area (TPSA) is 74.3 Å². The summed E-state index contributed by atoms with van der Waals surface area (Å²) in [6.07, 6.45) is 3.44. The second-order valence-corrected chi connectivity index (χ2v) is 8.14. The standard InChI is InChI=1S/C21H22ClFN4O2/c22-15-7-5-14(6-8-15)11-21(20(29)26-17-4-2-10-25-19(17)28)12-27(13-21)18-16(23)3-1-9-24-18/h1,3,5-9,17H,2,4,10-13H2,(H,25,28)(H,26,29). The predicted molar refractivity (Wildman–Crippen MR) is 108 cm³/mol. The minimum Gasteiger partial charge on any atom is -0.354 e. The average Bonchev–Trinajstić information content (AvgIpc) is 2.68. The number of nitrogens with zero attached hydrogens (tertiary/aromatic N) is 2. The lowest BCUT2D eigenvalue weighted by molar-refractivity contribution is -0.137. The highest BCUT2D eigenvalue weighted by Crippen LogP contribution is 2.38. The van der Waals surface area contributed by atoms with Gasteiger partial charge in [-0.25, -0.2) is 9.37 Å². The van der Waals surface area contributed by atoms with Crippen LogP contribution in [0.15, 0.2) is 42.6 Å². The van der Waals surface area contributed by atoms with Crippen molar-refractivity contribution in [3.05, 3.63) is 59.0 Å². The predicted octanol–water partition coefficient (Wildman–Crippen LogP) is 2.32. The number of amides is 2. The fourth-order valence-electron chi connectivity index (χ4n) is 3.99. The van der Waals surface area contributed by atoms with Gasteiger partial charge < -0.3 is 15.5 Å². The third-order valence-corrected chi connectivity index (χ3v) is 5.81. The minimum absolute atomic E-state index is 0.154. The summed E-state index contributed by atoms with van der Waals surface area (Å²) in [4.78, 5) is 31.2. The molecule has 1 atom stereocenters. The van der Waals surface area contributed by atoms with Crippen molar-refractivity contribution in [2.45, 2.75) is 25.3 Å². The molecule has 6 nitrogen and oxygen atoms in total. The Morgan fingerprint density at radius 2 is 2.07 bits per heavy atom. The number of aromatic nitrogens is 1. The Kier molecular flexibility index (Phi) is 5.41. The number of carbonyl (C=O) groups excluding carboxylic acids is 2. The molecular weight excluding hydrogens is 395 g/mol. The van der Waals surface area contributed by atoms with E-state index in [0.717, 1.165) is 12.0 Å². The van der Waals surface area contributed by atoms with E-state index in [1.807, 2.05) is 12.1 Å². The van der Waals surface area contributed by atoms with Crippen LogP contribution in [0, 0.1) is 11.2 Å². The van der Waals surface area contributed by atoms with E-state index in [4.69, 9.17) is 11.6 Å². The summed E-state index contributed by atoms with van der Waals surface area (Å²) in [5, 5.41) is 6.32. The number of piperidine rings is 1. The molecule has 3 heterocycles. The van der Waals surface area contributed by atoms with Crippen molar-refractivity contribution in [2.75, 3.05) is 24.5 Å². The summed E-state index contributed by atoms with van der Waals surface area (Å²) in [6.45, 7) is 1.28. The highest BCUT2D eigenvalue weighted by molar-refractivity contribution is 6.30. The number of pyridine rings is 1. The maximum absolute atomic E-state index is 14.1. The molecule has 2 aliphatic rings. The lowest BCUT2D eigenvalue weighted by Gasteiger charge is -2.50. The van der Waals surface area contributed by atoms with Gasteiger partial charge in [0.15, 0.2) is 11.6 Å². The first kappa shape index (κ1) is 19.6. The van der Waals surface area contributed by atoms with E-state index < -0.39 is 17.3 Å².